The number of fused-ring (bicyclic) bond motifs is 1. The zero-order chi connectivity index (χ0) is 26.4. The number of halogens is 1. The van der Waals surface area contributed by atoms with E-state index in [0.29, 0.717) is 34.1 Å². The summed E-state index contributed by atoms with van der Waals surface area (Å²) in [6.07, 6.45) is 7.41. The second kappa shape index (κ2) is 12.2. The molecule has 0 radical (unpaired) electrons. The Morgan fingerprint density at radius 2 is 1.86 bits per heavy atom. The predicted octanol–water partition coefficient (Wildman–Crippen LogP) is 4.98. The van der Waals surface area contributed by atoms with E-state index >= 15 is 0 Å². The van der Waals surface area contributed by atoms with Crippen molar-refractivity contribution in [1.82, 2.24) is 15.0 Å². The molecule has 37 heavy (non-hydrogen) atoms. The molecule has 8 nitrogen and oxygen atoms in total. The Balaban J connectivity index is 0.000000572. The number of nitrogens with two attached hydrogens (primary N) is 1. The average molecular weight is 528 g/mol. The van der Waals surface area contributed by atoms with Gasteiger partial charge in [-0.05, 0) is 56.9 Å². The molecule has 0 unspecified atom stereocenters. The van der Waals surface area contributed by atoms with Gasteiger partial charge in [0, 0.05) is 51.3 Å². The standard InChI is InChI=1S/C24H30ClN5O2.C4H8O/c1-4-15-5-6-18(25)21(11-15)32-17-7-9-30(10-8-17)23-22(26)28-19-12-16(13-24(2,3)31)27-14-20(19)29-23;1-2-4-5-3-1/h5-6,11-12,14,17,31H,4,7-10,13H2,1-3H3,(H2,26,28);1-4H2. The van der Waals surface area contributed by atoms with E-state index in [1.165, 1.54) is 18.4 Å². The van der Waals surface area contributed by atoms with Crippen molar-refractivity contribution in [2.45, 2.75) is 71.0 Å². The highest BCUT2D eigenvalue weighted by atomic mass is 35.5. The van der Waals surface area contributed by atoms with Gasteiger partial charge in [0.15, 0.2) is 11.6 Å². The molecule has 0 bridgehead atoms. The Bertz CT molecular complexity index is 1180. The molecule has 3 aromatic rings. The molecule has 9 heteroatoms. The SMILES string of the molecule is C1CCOC1.CCc1ccc(Cl)c(OC2CCN(c3nc4cnc(CC(C)(C)O)cc4nc3N)CC2)c1. The lowest BCUT2D eigenvalue weighted by Gasteiger charge is -2.33. The highest BCUT2D eigenvalue weighted by Crippen LogP contribution is 2.31. The molecule has 2 aliphatic heterocycles. The number of aliphatic hydroxyl groups is 1. The Labute approximate surface area is 224 Å². The molecular formula is C28H38ClN5O3. The smallest absolute Gasteiger partial charge is 0.172 e. The fraction of sp³-hybridized carbons (Fsp3) is 0.536. The van der Waals surface area contributed by atoms with Crippen molar-refractivity contribution in [2.24, 2.45) is 0 Å². The molecule has 0 atom stereocenters. The number of ether oxygens (including phenoxy) is 2. The Morgan fingerprint density at radius 3 is 2.49 bits per heavy atom. The van der Waals surface area contributed by atoms with Gasteiger partial charge >= 0.3 is 0 Å². The first-order valence-corrected chi connectivity index (χ1v) is 13.5. The number of aromatic nitrogens is 3. The minimum atomic E-state index is -0.839. The molecule has 2 aromatic heterocycles. The quantitative estimate of drug-likeness (QED) is 0.462. The van der Waals surface area contributed by atoms with Gasteiger partial charge < -0.3 is 25.2 Å². The lowest BCUT2D eigenvalue weighted by atomic mass is 10.0. The maximum Gasteiger partial charge on any atom is 0.172 e. The van der Waals surface area contributed by atoms with Crippen LogP contribution in [-0.2, 0) is 17.6 Å². The number of nitrogens with zero attached hydrogens (tertiary/aromatic N) is 4. The van der Waals surface area contributed by atoms with E-state index in [1.54, 1.807) is 20.0 Å². The normalized spacial score (nSPS) is 16.5. The van der Waals surface area contributed by atoms with Crippen molar-refractivity contribution < 1.29 is 14.6 Å². The maximum absolute atomic E-state index is 10.0. The molecule has 2 saturated heterocycles. The van der Waals surface area contributed by atoms with E-state index in [9.17, 15) is 5.11 Å². The number of hydrogen-bond donors (Lipinski definition) is 2. The van der Waals surface area contributed by atoms with Crippen LogP contribution in [0.2, 0.25) is 5.02 Å². The lowest BCUT2D eigenvalue weighted by Crippen LogP contribution is -2.39. The maximum atomic E-state index is 10.0. The Kier molecular flexibility index (Phi) is 9.05. The fourth-order valence-electron chi connectivity index (χ4n) is 4.51. The summed E-state index contributed by atoms with van der Waals surface area (Å²) in [6.45, 7) is 9.16. The van der Waals surface area contributed by atoms with E-state index < -0.39 is 5.60 Å². The Morgan fingerprint density at radius 1 is 1.14 bits per heavy atom. The number of anilines is 2. The largest absolute Gasteiger partial charge is 0.489 e. The van der Waals surface area contributed by atoms with Crippen molar-refractivity contribution in [3.63, 3.8) is 0 Å². The van der Waals surface area contributed by atoms with Gasteiger partial charge in [0.25, 0.3) is 0 Å². The average Bonchev–Trinajstić information content (AvgIpc) is 3.45. The fourth-order valence-corrected chi connectivity index (χ4v) is 4.67. The van der Waals surface area contributed by atoms with Gasteiger partial charge in [-0.25, -0.2) is 9.97 Å². The summed E-state index contributed by atoms with van der Waals surface area (Å²) in [7, 11) is 0. The molecule has 0 saturated carbocycles. The number of hydrogen-bond acceptors (Lipinski definition) is 8. The van der Waals surface area contributed by atoms with Crippen molar-refractivity contribution in [1.29, 1.82) is 0 Å². The number of rotatable bonds is 6. The highest BCUT2D eigenvalue weighted by molar-refractivity contribution is 6.32. The van der Waals surface area contributed by atoms with Gasteiger partial charge in [0.2, 0.25) is 0 Å². The van der Waals surface area contributed by atoms with Crippen LogP contribution in [0.25, 0.3) is 11.0 Å². The molecule has 2 aliphatic rings. The third-order valence-electron chi connectivity index (χ3n) is 6.49. The van der Waals surface area contributed by atoms with E-state index in [1.807, 2.05) is 24.3 Å². The molecule has 0 spiro atoms. The Hall–Kier alpha value is -2.68. The van der Waals surface area contributed by atoms with Gasteiger partial charge in [0.1, 0.15) is 17.4 Å². The van der Waals surface area contributed by atoms with Gasteiger partial charge in [0.05, 0.1) is 22.3 Å². The minimum Gasteiger partial charge on any atom is -0.489 e. The van der Waals surface area contributed by atoms with Crippen LogP contribution in [-0.4, -0.2) is 58.1 Å². The number of piperidine rings is 1. The number of benzene rings is 1. The first-order chi connectivity index (χ1) is 17.7. The summed E-state index contributed by atoms with van der Waals surface area (Å²) in [5.74, 6) is 1.83. The minimum absolute atomic E-state index is 0.0940. The van der Waals surface area contributed by atoms with E-state index in [-0.39, 0.29) is 6.10 Å². The number of nitrogen functional groups attached to an aromatic ring is 1. The van der Waals surface area contributed by atoms with Crippen molar-refractivity contribution in [3.8, 4) is 5.75 Å². The summed E-state index contributed by atoms with van der Waals surface area (Å²) in [6, 6.07) is 7.80. The van der Waals surface area contributed by atoms with Crippen molar-refractivity contribution >= 4 is 34.3 Å². The molecule has 200 valence electrons. The van der Waals surface area contributed by atoms with Crippen LogP contribution in [0.1, 0.15) is 57.7 Å². The van der Waals surface area contributed by atoms with Crippen LogP contribution in [0.4, 0.5) is 11.6 Å². The van der Waals surface area contributed by atoms with Crippen LogP contribution >= 0.6 is 11.6 Å². The molecule has 5 rings (SSSR count). The van der Waals surface area contributed by atoms with Gasteiger partial charge in [-0.1, -0.05) is 24.6 Å². The van der Waals surface area contributed by atoms with Crippen LogP contribution in [0.5, 0.6) is 5.75 Å². The molecular weight excluding hydrogens is 490 g/mol. The van der Waals surface area contributed by atoms with Gasteiger partial charge in [-0.15, -0.1) is 0 Å². The monoisotopic (exact) mass is 527 g/mol. The van der Waals surface area contributed by atoms with Crippen molar-refractivity contribution in [3.05, 3.63) is 46.7 Å². The third kappa shape index (κ3) is 7.66. The second-order valence-corrected chi connectivity index (χ2v) is 10.7. The highest BCUT2D eigenvalue weighted by Gasteiger charge is 2.25. The number of pyridine rings is 1. The first-order valence-electron chi connectivity index (χ1n) is 13.1. The van der Waals surface area contributed by atoms with Crippen molar-refractivity contribution in [2.75, 3.05) is 36.9 Å². The summed E-state index contributed by atoms with van der Waals surface area (Å²) >= 11 is 6.33. The molecule has 2 fully saturated rings. The van der Waals surface area contributed by atoms with Crippen LogP contribution in [0.15, 0.2) is 30.5 Å². The van der Waals surface area contributed by atoms with E-state index in [4.69, 9.17) is 31.8 Å². The molecule has 4 heterocycles. The number of aryl methyl sites for hydroxylation is 1. The predicted molar refractivity (Wildman–Crippen MR) is 148 cm³/mol. The topological polar surface area (TPSA) is 107 Å². The first kappa shape index (κ1) is 27.4. The second-order valence-electron chi connectivity index (χ2n) is 10.3. The van der Waals surface area contributed by atoms with E-state index in [0.717, 1.165) is 57.0 Å². The molecule has 0 amide bonds. The molecule has 0 aliphatic carbocycles. The van der Waals surface area contributed by atoms with E-state index in [2.05, 4.69) is 21.8 Å². The zero-order valence-corrected chi connectivity index (χ0v) is 22.8. The third-order valence-corrected chi connectivity index (χ3v) is 6.81. The summed E-state index contributed by atoms with van der Waals surface area (Å²) in [5.41, 5.74) is 8.77. The zero-order valence-electron chi connectivity index (χ0n) is 22.0. The van der Waals surface area contributed by atoms with Crippen LogP contribution < -0.4 is 15.4 Å². The van der Waals surface area contributed by atoms with Crippen LogP contribution in [0.3, 0.4) is 0 Å². The summed E-state index contributed by atoms with van der Waals surface area (Å²) in [5, 5.41) is 10.7. The molecule has 1 aromatic carbocycles. The summed E-state index contributed by atoms with van der Waals surface area (Å²) < 4.78 is 11.2. The summed E-state index contributed by atoms with van der Waals surface area (Å²) in [4.78, 5) is 15.9. The van der Waals surface area contributed by atoms with Gasteiger partial charge in [-0.3, -0.25) is 4.98 Å². The molecule has 3 N–H and O–H groups in total. The lowest BCUT2D eigenvalue weighted by molar-refractivity contribution is 0.0800. The van der Waals surface area contributed by atoms with Crippen LogP contribution in [0, 0.1) is 0 Å². The van der Waals surface area contributed by atoms with Gasteiger partial charge in [-0.2, -0.15) is 0 Å².